The van der Waals surface area contributed by atoms with Gasteiger partial charge in [0.1, 0.15) is 18.5 Å². The fourth-order valence-electron chi connectivity index (χ4n) is 3.36. The lowest BCUT2D eigenvalue weighted by Gasteiger charge is -2.39. The largest absolute Gasteiger partial charge is 0.497 e. The van der Waals surface area contributed by atoms with E-state index in [9.17, 15) is 9.59 Å². The number of hydrogen-bond acceptors (Lipinski definition) is 4. The van der Waals surface area contributed by atoms with Gasteiger partial charge in [-0.3, -0.25) is 9.59 Å². The molecule has 0 unspecified atom stereocenters. The molecule has 2 amide bonds. The molecular formula is C22H27N3O3. The number of amides is 2. The van der Waals surface area contributed by atoms with Gasteiger partial charge in [0.2, 0.25) is 5.91 Å². The molecule has 28 heavy (non-hydrogen) atoms. The molecule has 2 aromatic carbocycles. The number of hydrogen-bond donors (Lipinski definition) is 2. The van der Waals surface area contributed by atoms with Gasteiger partial charge in [0.25, 0.3) is 5.91 Å². The Morgan fingerprint density at radius 1 is 1.18 bits per heavy atom. The third-order valence-corrected chi connectivity index (χ3v) is 4.90. The molecule has 1 aliphatic rings. The van der Waals surface area contributed by atoms with E-state index in [4.69, 9.17) is 4.74 Å². The Labute approximate surface area is 165 Å². The summed E-state index contributed by atoms with van der Waals surface area (Å²) >= 11 is 0. The summed E-state index contributed by atoms with van der Waals surface area (Å²) in [5.74, 6) is 0.709. The molecule has 2 N–H and O–H groups in total. The fourth-order valence-corrected chi connectivity index (χ4v) is 3.36. The Morgan fingerprint density at radius 2 is 1.89 bits per heavy atom. The molecule has 0 saturated carbocycles. The van der Waals surface area contributed by atoms with E-state index in [0.717, 1.165) is 23.4 Å². The average molecular weight is 381 g/mol. The molecule has 0 radical (unpaired) electrons. The van der Waals surface area contributed by atoms with Gasteiger partial charge in [-0.25, -0.2) is 0 Å². The van der Waals surface area contributed by atoms with Crippen LogP contribution >= 0.6 is 0 Å². The summed E-state index contributed by atoms with van der Waals surface area (Å²) in [6, 6.07) is 15.2. The Morgan fingerprint density at radius 3 is 2.57 bits per heavy atom. The normalized spacial score (nSPS) is 15.8. The van der Waals surface area contributed by atoms with Crippen LogP contribution in [0.4, 0.5) is 5.69 Å². The summed E-state index contributed by atoms with van der Waals surface area (Å²) in [6.45, 7) is 4.62. The second-order valence-corrected chi connectivity index (χ2v) is 7.26. The van der Waals surface area contributed by atoms with Crippen LogP contribution < -0.4 is 15.4 Å². The van der Waals surface area contributed by atoms with E-state index < -0.39 is 0 Å². The van der Waals surface area contributed by atoms with Crippen molar-refractivity contribution >= 4 is 17.5 Å². The zero-order chi connectivity index (χ0) is 20.1. The summed E-state index contributed by atoms with van der Waals surface area (Å²) in [6.07, 6.45) is 0.507. The van der Waals surface area contributed by atoms with E-state index in [-0.39, 0.29) is 30.4 Å². The van der Waals surface area contributed by atoms with E-state index in [2.05, 4.69) is 10.6 Å². The second-order valence-electron chi connectivity index (χ2n) is 7.26. The number of rotatable bonds is 7. The number of benzene rings is 2. The molecular weight excluding hydrogens is 354 g/mol. The molecule has 0 aliphatic carbocycles. The molecule has 0 spiro atoms. The van der Waals surface area contributed by atoms with Crippen LogP contribution in [0, 0.1) is 5.92 Å². The van der Waals surface area contributed by atoms with E-state index >= 15 is 0 Å². The van der Waals surface area contributed by atoms with Crippen LogP contribution in [-0.2, 0) is 11.2 Å². The molecule has 1 aliphatic heterocycles. The van der Waals surface area contributed by atoms with E-state index in [0.29, 0.717) is 12.1 Å². The highest BCUT2D eigenvalue weighted by atomic mass is 16.5. The van der Waals surface area contributed by atoms with E-state index in [1.165, 1.54) is 0 Å². The van der Waals surface area contributed by atoms with Crippen LogP contribution in [0.2, 0.25) is 0 Å². The standard InChI is InChI=1S/C22H27N3O3/c1-15(2)21-24-19-7-5-4-6-18(19)22(27)25(21)14-20(26)23-13-12-16-8-10-17(28-3)11-9-16/h4-11,15,21,24H,12-14H2,1-3H3,(H,23,26)/t21-/m1/s1. The van der Waals surface area contributed by atoms with Crippen molar-refractivity contribution in [2.24, 2.45) is 5.92 Å². The predicted octanol–water partition coefficient (Wildman–Crippen LogP) is 2.90. The first kappa shape index (κ1) is 19.7. The summed E-state index contributed by atoms with van der Waals surface area (Å²) < 4.78 is 5.15. The van der Waals surface area contributed by atoms with Gasteiger partial charge < -0.3 is 20.3 Å². The van der Waals surface area contributed by atoms with Gasteiger partial charge in [-0.2, -0.15) is 0 Å². The van der Waals surface area contributed by atoms with Crippen LogP contribution in [0.3, 0.4) is 0 Å². The molecule has 148 valence electrons. The van der Waals surface area contributed by atoms with Gasteiger partial charge in [-0.1, -0.05) is 38.1 Å². The number of carbonyl (C=O) groups excluding carboxylic acids is 2. The van der Waals surface area contributed by atoms with Crippen molar-refractivity contribution in [3.8, 4) is 5.75 Å². The molecule has 6 nitrogen and oxygen atoms in total. The van der Waals surface area contributed by atoms with Gasteiger partial charge in [-0.15, -0.1) is 0 Å². The van der Waals surface area contributed by atoms with Crippen molar-refractivity contribution < 1.29 is 14.3 Å². The van der Waals surface area contributed by atoms with Crippen LogP contribution in [0.5, 0.6) is 5.75 Å². The number of fused-ring (bicyclic) bond motifs is 1. The van der Waals surface area contributed by atoms with Crippen molar-refractivity contribution in [2.45, 2.75) is 26.4 Å². The summed E-state index contributed by atoms with van der Waals surface area (Å²) in [5.41, 5.74) is 2.54. The SMILES string of the molecule is COc1ccc(CCNC(=O)CN2C(=O)c3ccccc3N[C@H]2C(C)C)cc1. The lowest BCUT2D eigenvalue weighted by atomic mass is 10.0. The number of methoxy groups -OCH3 is 1. The van der Waals surface area contributed by atoms with Crippen molar-refractivity contribution in [3.05, 3.63) is 59.7 Å². The van der Waals surface area contributed by atoms with E-state index in [1.54, 1.807) is 18.1 Å². The number of nitrogens with zero attached hydrogens (tertiary/aromatic N) is 1. The average Bonchev–Trinajstić information content (AvgIpc) is 2.70. The number of ether oxygens (including phenoxy) is 1. The molecule has 2 aromatic rings. The Balaban J connectivity index is 1.59. The van der Waals surface area contributed by atoms with Crippen LogP contribution in [0.15, 0.2) is 48.5 Å². The molecule has 0 aromatic heterocycles. The molecule has 0 fully saturated rings. The van der Waals surface area contributed by atoms with Gasteiger partial charge in [0.15, 0.2) is 0 Å². The monoisotopic (exact) mass is 381 g/mol. The highest BCUT2D eigenvalue weighted by Gasteiger charge is 2.34. The Hall–Kier alpha value is -3.02. The summed E-state index contributed by atoms with van der Waals surface area (Å²) in [7, 11) is 1.63. The number of nitrogens with one attached hydrogen (secondary N) is 2. The number of anilines is 1. The molecule has 0 bridgehead atoms. The molecule has 3 rings (SSSR count). The lowest BCUT2D eigenvalue weighted by molar-refractivity contribution is -0.122. The second kappa shape index (κ2) is 8.78. The zero-order valence-electron chi connectivity index (χ0n) is 16.6. The highest BCUT2D eigenvalue weighted by Crippen LogP contribution is 2.27. The topological polar surface area (TPSA) is 70.7 Å². The first-order valence-corrected chi connectivity index (χ1v) is 9.55. The lowest BCUT2D eigenvalue weighted by Crippen LogP contribution is -2.54. The molecule has 1 heterocycles. The van der Waals surface area contributed by atoms with Gasteiger partial charge in [-0.05, 0) is 42.2 Å². The zero-order valence-corrected chi connectivity index (χ0v) is 16.6. The smallest absolute Gasteiger partial charge is 0.258 e. The maximum atomic E-state index is 12.9. The third-order valence-electron chi connectivity index (χ3n) is 4.90. The molecule has 6 heteroatoms. The Kier molecular flexibility index (Phi) is 6.19. The fraction of sp³-hybridized carbons (Fsp3) is 0.364. The van der Waals surface area contributed by atoms with Gasteiger partial charge >= 0.3 is 0 Å². The van der Waals surface area contributed by atoms with Crippen LogP contribution in [0.25, 0.3) is 0 Å². The van der Waals surface area contributed by atoms with Crippen molar-refractivity contribution in [2.75, 3.05) is 25.5 Å². The minimum atomic E-state index is -0.213. The minimum Gasteiger partial charge on any atom is -0.497 e. The maximum Gasteiger partial charge on any atom is 0.258 e. The Bertz CT molecular complexity index is 833. The van der Waals surface area contributed by atoms with Crippen molar-refractivity contribution in [1.82, 2.24) is 10.2 Å². The van der Waals surface area contributed by atoms with Gasteiger partial charge in [0.05, 0.1) is 12.7 Å². The maximum absolute atomic E-state index is 12.9. The quantitative estimate of drug-likeness (QED) is 0.774. The summed E-state index contributed by atoms with van der Waals surface area (Å²) in [5, 5.41) is 6.31. The first-order valence-electron chi connectivity index (χ1n) is 9.55. The van der Waals surface area contributed by atoms with E-state index in [1.807, 2.05) is 56.3 Å². The predicted molar refractivity (Wildman–Crippen MR) is 109 cm³/mol. The van der Waals surface area contributed by atoms with Crippen LogP contribution in [-0.4, -0.2) is 43.1 Å². The van der Waals surface area contributed by atoms with Crippen molar-refractivity contribution in [1.29, 1.82) is 0 Å². The first-order chi connectivity index (χ1) is 13.5. The minimum absolute atomic E-state index is 0.0334. The molecule has 0 saturated heterocycles. The summed E-state index contributed by atoms with van der Waals surface area (Å²) in [4.78, 5) is 27.0. The number of para-hydroxylation sites is 1. The van der Waals surface area contributed by atoms with Crippen molar-refractivity contribution in [3.63, 3.8) is 0 Å². The van der Waals surface area contributed by atoms with Gasteiger partial charge in [0, 0.05) is 12.2 Å². The third kappa shape index (κ3) is 4.44. The molecule has 1 atom stereocenters. The highest BCUT2D eigenvalue weighted by molar-refractivity contribution is 6.03. The number of carbonyl (C=O) groups is 2. The van der Waals surface area contributed by atoms with Crippen LogP contribution in [0.1, 0.15) is 29.8 Å².